The molecule has 1 aromatic heterocycles. The highest BCUT2D eigenvalue weighted by atomic mass is 79.9. The number of halogens is 1. The van der Waals surface area contributed by atoms with Crippen molar-refractivity contribution in [1.82, 2.24) is 9.97 Å². The van der Waals surface area contributed by atoms with Crippen molar-refractivity contribution in [3.8, 4) is 11.3 Å². The smallest absolute Gasteiger partial charge is 0.220 e. The SMILES string of the molecule is CCS(=O)(=O)c1cnc(N)nc1-c1ccc(Br)cc1. The number of sulfone groups is 1. The van der Waals surface area contributed by atoms with Crippen molar-refractivity contribution >= 4 is 31.7 Å². The van der Waals surface area contributed by atoms with E-state index in [4.69, 9.17) is 5.73 Å². The van der Waals surface area contributed by atoms with E-state index < -0.39 is 9.84 Å². The average molecular weight is 342 g/mol. The Bertz CT molecular complexity index is 699. The predicted molar refractivity (Wildman–Crippen MR) is 77.3 cm³/mol. The van der Waals surface area contributed by atoms with Crippen molar-refractivity contribution in [3.05, 3.63) is 34.9 Å². The van der Waals surface area contributed by atoms with Crippen LogP contribution in [0.2, 0.25) is 0 Å². The van der Waals surface area contributed by atoms with Gasteiger partial charge in [-0.2, -0.15) is 0 Å². The lowest BCUT2D eigenvalue weighted by Crippen LogP contribution is -2.09. The van der Waals surface area contributed by atoms with Crippen LogP contribution < -0.4 is 5.73 Å². The summed E-state index contributed by atoms with van der Waals surface area (Å²) >= 11 is 3.33. The van der Waals surface area contributed by atoms with E-state index in [1.54, 1.807) is 19.1 Å². The first kappa shape index (κ1) is 14.0. The van der Waals surface area contributed by atoms with Gasteiger partial charge in [0.2, 0.25) is 5.95 Å². The molecule has 2 N–H and O–H groups in total. The number of nitrogens with zero attached hydrogens (tertiary/aromatic N) is 2. The molecule has 2 rings (SSSR count). The molecule has 0 aliphatic heterocycles. The van der Waals surface area contributed by atoms with E-state index in [0.717, 1.165) is 4.47 Å². The first-order valence-electron chi connectivity index (χ1n) is 5.55. The molecule has 0 saturated carbocycles. The van der Waals surface area contributed by atoms with Crippen LogP contribution in [0.5, 0.6) is 0 Å². The molecule has 5 nitrogen and oxygen atoms in total. The largest absolute Gasteiger partial charge is 0.368 e. The highest BCUT2D eigenvalue weighted by molar-refractivity contribution is 9.10. The van der Waals surface area contributed by atoms with Crippen LogP contribution >= 0.6 is 15.9 Å². The van der Waals surface area contributed by atoms with Gasteiger partial charge in [-0.1, -0.05) is 35.0 Å². The van der Waals surface area contributed by atoms with Crippen molar-refractivity contribution < 1.29 is 8.42 Å². The zero-order valence-corrected chi connectivity index (χ0v) is 12.6. The van der Waals surface area contributed by atoms with Crippen LogP contribution in [0.3, 0.4) is 0 Å². The summed E-state index contributed by atoms with van der Waals surface area (Å²) in [6.07, 6.45) is 1.26. The fraction of sp³-hybridized carbons (Fsp3) is 0.167. The predicted octanol–water partition coefficient (Wildman–Crippen LogP) is 2.28. The first-order valence-corrected chi connectivity index (χ1v) is 8.00. The zero-order valence-electron chi connectivity index (χ0n) is 10.2. The second-order valence-corrected chi connectivity index (χ2v) is 7.01. The standard InChI is InChI=1S/C12H12BrN3O2S/c1-2-19(17,18)10-7-15-12(14)16-11(10)8-3-5-9(13)6-4-8/h3-7H,2H2,1H3,(H2,14,15,16). The van der Waals surface area contributed by atoms with Crippen molar-refractivity contribution in [3.63, 3.8) is 0 Å². The fourth-order valence-corrected chi connectivity index (χ4v) is 2.83. The summed E-state index contributed by atoms with van der Waals surface area (Å²) in [5, 5.41) is 0. The highest BCUT2D eigenvalue weighted by Crippen LogP contribution is 2.27. The Morgan fingerprint density at radius 2 is 1.89 bits per heavy atom. The quantitative estimate of drug-likeness (QED) is 0.925. The number of nitrogen functional groups attached to an aromatic ring is 1. The molecule has 0 saturated heterocycles. The van der Waals surface area contributed by atoms with Crippen LogP contribution in [-0.2, 0) is 9.84 Å². The van der Waals surface area contributed by atoms with Gasteiger partial charge in [-0.15, -0.1) is 0 Å². The summed E-state index contributed by atoms with van der Waals surface area (Å²) in [6, 6.07) is 7.19. The van der Waals surface area contributed by atoms with Crippen LogP contribution in [0.25, 0.3) is 11.3 Å². The average Bonchev–Trinajstić information content (AvgIpc) is 2.39. The van der Waals surface area contributed by atoms with E-state index in [1.165, 1.54) is 6.20 Å². The summed E-state index contributed by atoms with van der Waals surface area (Å²) in [6.45, 7) is 1.58. The Kier molecular flexibility index (Phi) is 3.86. The summed E-state index contributed by atoms with van der Waals surface area (Å²) in [5.74, 6) is 0.0389. The number of rotatable bonds is 3. The van der Waals surface area contributed by atoms with Gasteiger partial charge in [0.05, 0.1) is 17.6 Å². The first-order chi connectivity index (χ1) is 8.94. The van der Waals surface area contributed by atoms with E-state index in [2.05, 4.69) is 25.9 Å². The molecule has 0 aliphatic rings. The normalized spacial score (nSPS) is 11.5. The maximum atomic E-state index is 12.0. The minimum absolute atomic E-state index is 0.0101. The summed E-state index contributed by atoms with van der Waals surface area (Å²) in [4.78, 5) is 7.94. The second kappa shape index (κ2) is 5.26. The Labute approximate surface area is 119 Å². The van der Waals surface area contributed by atoms with E-state index in [1.807, 2.05) is 12.1 Å². The number of hydrogen-bond acceptors (Lipinski definition) is 5. The fourth-order valence-electron chi connectivity index (χ4n) is 1.58. The minimum Gasteiger partial charge on any atom is -0.368 e. The van der Waals surface area contributed by atoms with Gasteiger partial charge in [0.15, 0.2) is 9.84 Å². The molecule has 0 unspecified atom stereocenters. The molecule has 0 aliphatic carbocycles. The topological polar surface area (TPSA) is 85.9 Å². The van der Waals surface area contributed by atoms with Gasteiger partial charge in [0, 0.05) is 10.0 Å². The minimum atomic E-state index is -3.40. The van der Waals surface area contributed by atoms with Crippen molar-refractivity contribution in [2.45, 2.75) is 11.8 Å². The molecule has 100 valence electrons. The molecular formula is C12H12BrN3O2S. The van der Waals surface area contributed by atoms with Gasteiger partial charge in [-0.3, -0.25) is 0 Å². The molecule has 0 fully saturated rings. The van der Waals surface area contributed by atoms with Crippen LogP contribution in [0.15, 0.2) is 39.8 Å². The van der Waals surface area contributed by atoms with Crippen molar-refractivity contribution in [2.75, 3.05) is 11.5 Å². The highest BCUT2D eigenvalue weighted by Gasteiger charge is 2.20. The van der Waals surface area contributed by atoms with Gasteiger partial charge < -0.3 is 5.73 Å². The van der Waals surface area contributed by atoms with Crippen LogP contribution in [0, 0.1) is 0 Å². The number of nitrogens with two attached hydrogens (primary N) is 1. The van der Waals surface area contributed by atoms with Crippen LogP contribution in [0.4, 0.5) is 5.95 Å². The van der Waals surface area contributed by atoms with Gasteiger partial charge in [0.25, 0.3) is 0 Å². The number of aromatic nitrogens is 2. The molecule has 0 bridgehead atoms. The molecule has 0 spiro atoms. The molecule has 2 aromatic rings. The maximum Gasteiger partial charge on any atom is 0.220 e. The van der Waals surface area contributed by atoms with Gasteiger partial charge >= 0.3 is 0 Å². The second-order valence-electron chi connectivity index (χ2n) is 3.85. The molecule has 0 radical (unpaired) electrons. The molecule has 0 amide bonds. The zero-order chi connectivity index (χ0) is 14.0. The lowest BCUT2D eigenvalue weighted by atomic mass is 10.1. The Morgan fingerprint density at radius 1 is 1.26 bits per heavy atom. The van der Waals surface area contributed by atoms with Gasteiger partial charge in [-0.25, -0.2) is 18.4 Å². The molecule has 1 heterocycles. The Morgan fingerprint density at radius 3 is 2.47 bits per heavy atom. The maximum absolute atomic E-state index is 12.0. The molecule has 1 aromatic carbocycles. The number of anilines is 1. The third-order valence-electron chi connectivity index (χ3n) is 2.61. The van der Waals surface area contributed by atoms with E-state index in [9.17, 15) is 8.42 Å². The third kappa shape index (κ3) is 2.93. The Balaban J connectivity index is 2.68. The molecule has 7 heteroatoms. The van der Waals surface area contributed by atoms with Gasteiger partial charge in [0.1, 0.15) is 4.90 Å². The molecule has 0 atom stereocenters. The monoisotopic (exact) mass is 341 g/mol. The third-order valence-corrected chi connectivity index (χ3v) is 4.86. The van der Waals surface area contributed by atoms with Crippen molar-refractivity contribution in [1.29, 1.82) is 0 Å². The van der Waals surface area contributed by atoms with E-state index in [0.29, 0.717) is 11.3 Å². The molecule has 19 heavy (non-hydrogen) atoms. The van der Waals surface area contributed by atoms with Gasteiger partial charge in [-0.05, 0) is 12.1 Å². The lowest BCUT2D eigenvalue weighted by molar-refractivity contribution is 0.597. The van der Waals surface area contributed by atoms with Crippen molar-refractivity contribution in [2.24, 2.45) is 0 Å². The summed E-state index contributed by atoms with van der Waals surface area (Å²) < 4.78 is 25.0. The Hall–Kier alpha value is -1.47. The van der Waals surface area contributed by atoms with E-state index in [-0.39, 0.29) is 16.6 Å². The summed E-state index contributed by atoms with van der Waals surface area (Å²) in [7, 11) is -3.40. The van der Waals surface area contributed by atoms with E-state index >= 15 is 0 Å². The molecular weight excluding hydrogens is 330 g/mol. The number of benzene rings is 1. The lowest BCUT2D eigenvalue weighted by Gasteiger charge is -2.09. The van der Waals surface area contributed by atoms with Crippen LogP contribution in [-0.4, -0.2) is 24.1 Å². The number of hydrogen-bond donors (Lipinski definition) is 1. The van der Waals surface area contributed by atoms with Crippen LogP contribution in [0.1, 0.15) is 6.92 Å². The summed E-state index contributed by atoms with van der Waals surface area (Å²) in [5.41, 5.74) is 6.57.